The Morgan fingerprint density at radius 2 is 2.14 bits per heavy atom. The molecule has 1 saturated carbocycles. The predicted octanol–water partition coefficient (Wildman–Crippen LogP) is 2.36. The number of benzene rings is 1. The number of carboxylic acids is 1. The fraction of sp³-hybridized carbons (Fsp3) is 0.429. The standard InChI is InChI=1S/C14H18BrN3O3/c1-18(10-3-4-10)7-6-16-14(21)17-9-2-5-12(15)11(8-9)13(19)20/h2,5,8,10H,3-4,6-7H2,1H3,(H,19,20)(H2,16,17,21). The number of halogens is 1. The number of nitrogens with zero attached hydrogens (tertiary/aromatic N) is 1. The molecular formula is C14H18BrN3O3. The van der Waals surface area contributed by atoms with E-state index < -0.39 is 5.97 Å². The minimum atomic E-state index is -1.04. The Morgan fingerprint density at radius 1 is 1.43 bits per heavy atom. The molecular weight excluding hydrogens is 338 g/mol. The number of amides is 2. The first-order chi connectivity index (χ1) is 9.97. The minimum absolute atomic E-state index is 0.112. The summed E-state index contributed by atoms with van der Waals surface area (Å²) in [5, 5.41) is 14.4. The molecule has 1 aromatic carbocycles. The summed E-state index contributed by atoms with van der Waals surface area (Å²) in [6.07, 6.45) is 2.47. The Balaban J connectivity index is 1.81. The number of anilines is 1. The number of carbonyl (C=O) groups excluding carboxylic acids is 1. The molecule has 114 valence electrons. The molecule has 1 fully saturated rings. The number of hydrogen-bond donors (Lipinski definition) is 3. The Labute approximate surface area is 131 Å². The van der Waals surface area contributed by atoms with Crippen LogP contribution in [-0.4, -0.2) is 48.2 Å². The number of likely N-dealkylation sites (N-methyl/N-ethyl adjacent to an activating group) is 1. The van der Waals surface area contributed by atoms with Crippen molar-refractivity contribution in [2.75, 3.05) is 25.5 Å². The lowest BCUT2D eigenvalue weighted by Gasteiger charge is -2.16. The highest BCUT2D eigenvalue weighted by molar-refractivity contribution is 9.10. The van der Waals surface area contributed by atoms with Crippen LogP contribution in [0.3, 0.4) is 0 Å². The van der Waals surface area contributed by atoms with E-state index in [9.17, 15) is 9.59 Å². The van der Waals surface area contributed by atoms with Crippen molar-refractivity contribution in [3.63, 3.8) is 0 Å². The number of rotatable bonds is 6. The van der Waals surface area contributed by atoms with Gasteiger partial charge in [-0.3, -0.25) is 0 Å². The van der Waals surface area contributed by atoms with Gasteiger partial charge in [0.15, 0.2) is 0 Å². The predicted molar refractivity (Wildman–Crippen MR) is 83.8 cm³/mol. The van der Waals surface area contributed by atoms with Crippen LogP contribution in [0.25, 0.3) is 0 Å². The largest absolute Gasteiger partial charge is 0.478 e. The first kappa shape index (κ1) is 15.8. The SMILES string of the molecule is CN(CCNC(=O)Nc1ccc(Br)c(C(=O)O)c1)C1CC1. The third kappa shape index (κ3) is 4.71. The smallest absolute Gasteiger partial charge is 0.336 e. The second-order valence-corrected chi connectivity index (χ2v) is 5.95. The molecule has 0 saturated heterocycles. The van der Waals surface area contributed by atoms with Gasteiger partial charge in [-0.15, -0.1) is 0 Å². The molecule has 1 aromatic rings. The van der Waals surface area contributed by atoms with E-state index in [2.05, 4.69) is 31.5 Å². The van der Waals surface area contributed by atoms with E-state index in [1.807, 2.05) is 7.05 Å². The van der Waals surface area contributed by atoms with Crippen LogP contribution in [0.4, 0.5) is 10.5 Å². The lowest BCUT2D eigenvalue weighted by atomic mass is 10.2. The molecule has 6 nitrogen and oxygen atoms in total. The van der Waals surface area contributed by atoms with Gasteiger partial charge >= 0.3 is 12.0 Å². The summed E-state index contributed by atoms with van der Waals surface area (Å²) in [7, 11) is 2.05. The molecule has 0 unspecified atom stereocenters. The third-order valence-electron chi connectivity index (χ3n) is 3.37. The normalized spacial score (nSPS) is 14.0. The third-order valence-corrected chi connectivity index (χ3v) is 4.07. The van der Waals surface area contributed by atoms with E-state index in [1.54, 1.807) is 12.1 Å². The van der Waals surface area contributed by atoms with Gasteiger partial charge < -0.3 is 20.6 Å². The van der Waals surface area contributed by atoms with Gasteiger partial charge in [-0.05, 0) is 54.0 Å². The number of hydrogen-bond acceptors (Lipinski definition) is 3. The molecule has 1 aliphatic rings. The summed E-state index contributed by atoms with van der Waals surface area (Å²) in [4.78, 5) is 25.0. The maximum Gasteiger partial charge on any atom is 0.336 e. The van der Waals surface area contributed by atoms with E-state index >= 15 is 0 Å². The van der Waals surface area contributed by atoms with Crippen LogP contribution < -0.4 is 10.6 Å². The Hall–Kier alpha value is -1.60. The molecule has 21 heavy (non-hydrogen) atoms. The molecule has 3 N–H and O–H groups in total. The van der Waals surface area contributed by atoms with Crippen molar-refractivity contribution < 1.29 is 14.7 Å². The Bertz CT molecular complexity index is 546. The summed E-state index contributed by atoms with van der Waals surface area (Å²) in [5.74, 6) is -1.04. The number of urea groups is 1. The molecule has 1 aliphatic carbocycles. The molecule has 0 spiro atoms. The molecule has 0 atom stereocenters. The van der Waals surface area contributed by atoms with Crippen LogP contribution in [0.1, 0.15) is 23.2 Å². The van der Waals surface area contributed by atoms with Crippen LogP contribution in [0.15, 0.2) is 22.7 Å². The van der Waals surface area contributed by atoms with Crippen LogP contribution in [0.5, 0.6) is 0 Å². The zero-order chi connectivity index (χ0) is 15.4. The van der Waals surface area contributed by atoms with Gasteiger partial charge in [0.05, 0.1) is 5.56 Å². The monoisotopic (exact) mass is 355 g/mol. The average molecular weight is 356 g/mol. The molecule has 0 heterocycles. The van der Waals surface area contributed by atoms with E-state index in [4.69, 9.17) is 5.11 Å². The summed E-state index contributed by atoms with van der Waals surface area (Å²) in [6, 6.07) is 4.99. The lowest BCUT2D eigenvalue weighted by molar-refractivity contribution is 0.0696. The van der Waals surface area contributed by atoms with Gasteiger partial charge in [-0.25, -0.2) is 9.59 Å². The first-order valence-electron chi connectivity index (χ1n) is 6.75. The fourth-order valence-electron chi connectivity index (χ4n) is 1.99. The Kier molecular flexibility index (Phi) is 5.19. The maximum absolute atomic E-state index is 11.7. The van der Waals surface area contributed by atoms with Crippen molar-refractivity contribution in [3.8, 4) is 0 Å². The van der Waals surface area contributed by atoms with Gasteiger partial charge in [-0.1, -0.05) is 0 Å². The van der Waals surface area contributed by atoms with Gasteiger partial charge in [0, 0.05) is 29.3 Å². The molecule has 7 heteroatoms. The zero-order valence-corrected chi connectivity index (χ0v) is 13.3. The van der Waals surface area contributed by atoms with Crippen LogP contribution in [0.2, 0.25) is 0 Å². The summed E-state index contributed by atoms with van der Waals surface area (Å²) in [5.41, 5.74) is 0.560. The molecule has 2 amide bonds. The average Bonchev–Trinajstić information content (AvgIpc) is 3.25. The van der Waals surface area contributed by atoms with Crippen LogP contribution in [-0.2, 0) is 0 Å². The number of carboxylic acid groups (broad SMARTS) is 1. The van der Waals surface area contributed by atoms with Crippen molar-refractivity contribution in [2.24, 2.45) is 0 Å². The van der Waals surface area contributed by atoms with Crippen LogP contribution >= 0.6 is 15.9 Å². The first-order valence-corrected chi connectivity index (χ1v) is 7.54. The summed E-state index contributed by atoms with van der Waals surface area (Å²) < 4.78 is 0.479. The summed E-state index contributed by atoms with van der Waals surface area (Å²) in [6.45, 7) is 1.36. The van der Waals surface area contributed by atoms with Crippen molar-refractivity contribution in [2.45, 2.75) is 18.9 Å². The van der Waals surface area contributed by atoms with Gasteiger partial charge in [0.25, 0.3) is 0 Å². The summed E-state index contributed by atoms with van der Waals surface area (Å²) >= 11 is 3.16. The zero-order valence-electron chi connectivity index (χ0n) is 11.7. The highest BCUT2D eigenvalue weighted by Gasteiger charge is 2.25. The number of nitrogens with one attached hydrogen (secondary N) is 2. The van der Waals surface area contributed by atoms with Crippen molar-refractivity contribution in [1.29, 1.82) is 0 Å². The highest BCUT2D eigenvalue weighted by atomic mass is 79.9. The Morgan fingerprint density at radius 3 is 2.76 bits per heavy atom. The van der Waals surface area contributed by atoms with Crippen molar-refractivity contribution in [1.82, 2.24) is 10.2 Å². The maximum atomic E-state index is 11.7. The van der Waals surface area contributed by atoms with E-state index in [0.717, 1.165) is 6.54 Å². The van der Waals surface area contributed by atoms with Crippen molar-refractivity contribution >= 4 is 33.6 Å². The van der Waals surface area contributed by atoms with Crippen molar-refractivity contribution in [3.05, 3.63) is 28.2 Å². The fourth-order valence-corrected chi connectivity index (χ4v) is 2.40. The molecule has 2 rings (SSSR count). The number of aromatic carboxylic acids is 1. The topological polar surface area (TPSA) is 81.7 Å². The van der Waals surface area contributed by atoms with E-state index in [0.29, 0.717) is 22.7 Å². The second-order valence-electron chi connectivity index (χ2n) is 5.09. The molecule has 0 aromatic heterocycles. The molecule has 0 bridgehead atoms. The van der Waals surface area contributed by atoms with Crippen LogP contribution in [0, 0.1) is 0 Å². The molecule has 0 radical (unpaired) electrons. The van der Waals surface area contributed by atoms with E-state index in [-0.39, 0.29) is 11.6 Å². The van der Waals surface area contributed by atoms with Gasteiger partial charge in [0.1, 0.15) is 0 Å². The number of carbonyl (C=O) groups is 2. The minimum Gasteiger partial charge on any atom is -0.478 e. The highest BCUT2D eigenvalue weighted by Crippen LogP contribution is 2.24. The lowest BCUT2D eigenvalue weighted by Crippen LogP contribution is -2.36. The second kappa shape index (κ2) is 6.91. The van der Waals surface area contributed by atoms with Gasteiger partial charge in [0.2, 0.25) is 0 Å². The quantitative estimate of drug-likeness (QED) is 0.731. The van der Waals surface area contributed by atoms with Gasteiger partial charge in [-0.2, -0.15) is 0 Å². The molecule has 0 aliphatic heterocycles. The van der Waals surface area contributed by atoms with E-state index in [1.165, 1.54) is 18.9 Å².